The van der Waals surface area contributed by atoms with Crippen LogP contribution in [0.25, 0.3) is 0 Å². The van der Waals surface area contributed by atoms with E-state index in [1.165, 1.54) is 18.9 Å². The van der Waals surface area contributed by atoms with Crippen LogP contribution in [0.3, 0.4) is 0 Å². The van der Waals surface area contributed by atoms with Crippen molar-refractivity contribution in [2.45, 2.75) is 89.8 Å². The second-order valence-corrected chi connectivity index (χ2v) is 12.7. The zero-order valence-corrected chi connectivity index (χ0v) is 21.5. The van der Waals surface area contributed by atoms with Crippen LogP contribution in [0.2, 0.25) is 18.1 Å². The molecule has 0 aromatic heterocycles. The van der Waals surface area contributed by atoms with E-state index in [1.54, 1.807) is 6.08 Å². The molecule has 0 heterocycles. The summed E-state index contributed by atoms with van der Waals surface area (Å²) in [7, 11) is -1.83. The number of allylic oxidation sites excluding steroid dienone is 2. The third-order valence-corrected chi connectivity index (χ3v) is 9.18. The molecule has 0 unspecified atom stereocenters. The molecule has 0 aliphatic rings. The second-order valence-electron chi connectivity index (χ2n) is 7.92. The van der Waals surface area contributed by atoms with Crippen LogP contribution < -0.4 is 0 Å². The summed E-state index contributed by atoms with van der Waals surface area (Å²) in [5, 5.41) is 27.9. The minimum Gasteiger partial charge on any atom is 0 e. The Morgan fingerprint density at radius 2 is 1.39 bits per heavy atom. The summed E-state index contributed by atoms with van der Waals surface area (Å²) in [4.78, 5) is 0. The Labute approximate surface area is 199 Å². The first-order chi connectivity index (χ1) is 14.0. The Bertz CT molecular complexity index is 494. The molecular formula is C22H38FeO7Si. The van der Waals surface area contributed by atoms with E-state index in [0.717, 1.165) is 12.8 Å². The zero-order chi connectivity index (χ0) is 24.8. The van der Waals surface area contributed by atoms with Gasteiger partial charge in [0.1, 0.15) is 12.2 Å². The minimum absolute atomic E-state index is 0. The van der Waals surface area contributed by atoms with Gasteiger partial charge in [-0.15, -0.1) is 0 Å². The number of hydrogen-bond donors (Lipinski definition) is 3. The molecule has 31 heavy (non-hydrogen) atoms. The molecule has 9 heteroatoms. The molecule has 0 aliphatic heterocycles. The van der Waals surface area contributed by atoms with Crippen LogP contribution in [0.15, 0.2) is 24.3 Å². The summed E-state index contributed by atoms with van der Waals surface area (Å²) in [6.45, 7) is 26.4. The van der Waals surface area contributed by atoms with Gasteiger partial charge in [-0.1, -0.05) is 71.3 Å². The molecule has 0 spiro atoms. The molecule has 0 bridgehead atoms. The van der Waals surface area contributed by atoms with Crippen molar-refractivity contribution < 1.29 is 50.8 Å². The van der Waals surface area contributed by atoms with E-state index in [2.05, 4.69) is 60.7 Å². The first-order valence-electron chi connectivity index (χ1n) is 9.66. The average Bonchev–Trinajstić information content (AvgIpc) is 2.73. The van der Waals surface area contributed by atoms with E-state index in [4.69, 9.17) is 23.5 Å². The predicted octanol–water partition coefficient (Wildman–Crippen LogP) is 3.67. The number of unbranched alkanes of at least 4 members (excludes halogenated alkanes) is 2. The predicted molar refractivity (Wildman–Crippen MR) is 115 cm³/mol. The maximum atomic E-state index is 9.59. The molecule has 0 aromatic rings. The smallest absolute Gasteiger partial charge is 0 e. The van der Waals surface area contributed by atoms with Gasteiger partial charge in [-0.25, -0.2) is 0 Å². The molecule has 3 atom stereocenters. The second kappa shape index (κ2) is 25.5. The summed E-state index contributed by atoms with van der Waals surface area (Å²) in [6, 6.07) is 0. The average molecular weight is 498 g/mol. The number of hydrogen-bond acceptors (Lipinski definition) is 4. The molecule has 7 nitrogen and oxygen atoms in total. The van der Waals surface area contributed by atoms with Gasteiger partial charge in [0.05, 0.1) is 12.7 Å². The monoisotopic (exact) mass is 498 g/mol. The Kier molecular flexibility index (Phi) is 33.5. The summed E-state index contributed by atoms with van der Waals surface area (Å²) >= 11 is 0. The van der Waals surface area contributed by atoms with Gasteiger partial charge in [0.25, 0.3) is 0 Å². The summed E-state index contributed by atoms with van der Waals surface area (Å²) in [5.41, 5.74) is 0. The summed E-state index contributed by atoms with van der Waals surface area (Å²) in [6.07, 6.45) is 9.45. The largest absolute Gasteiger partial charge is 0 e. The van der Waals surface area contributed by atoms with Crippen molar-refractivity contribution in [3.05, 3.63) is 44.3 Å². The SMILES string of the molecule is CCCCC[C@H](/C=C/C=C/[C@@H](O)[C@H](O)CO)O[Si](C)(C)C(C)(C)C.[C-]#[O+].[C-]#[O+].[C-]#[O+].[Fe]. The molecule has 0 rings (SSSR count). The van der Waals surface area contributed by atoms with Crippen molar-refractivity contribution in [1.82, 2.24) is 0 Å². The molecular weight excluding hydrogens is 460 g/mol. The fourth-order valence-electron chi connectivity index (χ4n) is 1.95. The van der Waals surface area contributed by atoms with Gasteiger partial charge in [0.15, 0.2) is 8.32 Å². The van der Waals surface area contributed by atoms with E-state index in [1.807, 2.05) is 12.2 Å². The molecule has 0 saturated carbocycles. The van der Waals surface area contributed by atoms with E-state index < -0.39 is 27.1 Å². The molecule has 3 N–H and O–H groups in total. The van der Waals surface area contributed by atoms with E-state index >= 15 is 0 Å². The van der Waals surface area contributed by atoms with E-state index in [-0.39, 0.29) is 28.2 Å². The number of aliphatic hydroxyl groups excluding tert-OH is 3. The van der Waals surface area contributed by atoms with Gasteiger partial charge in [-0.3, -0.25) is 0 Å². The molecule has 0 aromatic carbocycles. The van der Waals surface area contributed by atoms with Crippen LogP contribution in [0.1, 0.15) is 53.4 Å². The van der Waals surface area contributed by atoms with Gasteiger partial charge in [0, 0.05) is 17.1 Å². The van der Waals surface area contributed by atoms with Crippen molar-refractivity contribution in [2.24, 2.45) is 0 Å². The number of aliphatic hydroxyl groups is 3. The van der Waals surface area contributed by atoms with Crippen LogP contribution in [-0.4, -0.2) is 48.6 Å². The maximum Gasteiger partial charge on any atom is 0 e. The molecule has 180 valence electrons. The minimum atomic E-state index is -1.83. The first-order valence-corrected chi connectivity index (χ1v) is 12.6. The Hall–Kier alpha value is -0.724. The molecule has 0 aliphatic carbocycles. The first kappa shape index (κ1) is 40.6. The summed E-state index contributed by atoms with van der Waals surface area (Å²) in [5.74, 6) is 0. The third-order valence-electron chi connectivity index (χ3n) is 4.67. The van der Waals surface area contributed by atoms with Crippen molar-refractivity contribution in [1.29, 1.82) is 0 Å². The Morgan fingerprint density at radius 3 is 1.77 bits per heavy atom. The normalized spacial score (nSPS) is 13.8. The van der Waals surface area contributed by atoms with Crippen LogP contribution >= 0.6 is 0 Å². The summed E-state index contributed by atoms with van der Waals surface area (Å²) < 4.78 is 29.0. The standard InChI is InChI=1S/C19H38O4Si.3CO.Fe/c1-7-8-9-12-16(23-24(5,6)19(2,3)4)13-10-11-14-17(21)18(22)15-20;3*1-2;/h10-11,13-14,16-18,20-22H,7-9,12,15H2,1-6H3;;;;/b13-10+,14-11+;;;;/t16-,17-,18-;;;;/m1..../s1. The van der Waals surface area contributed by atoms with Gasteiger partial charge in [-0.05, 0) is 24.6 Å². The van der Waals surface area contributed by atoms with Crippen molar-refractivity contribution in [3.63, 3.8) is 0 Å². The van der Waals surface area contributed by atoms with Crippen LogP contribution in [-0.2, 0) is 35.5 Å². The molecule has 0 saturated heterocycles. The number of rotatable bonds is 11. The maximum absolute atomic E-state index is 9.59. The molecule has 0 fully saturated rings. The van der Waals surface area contributed by atoms with Gasteiger partial charge in [-0.2, -0.15) is 0 Å². The fourth-order valence-corrected chi connectivity index (χ4v) is 3.25. The zero-order valence-electron chi connectivity index (χ0n) is 19.4. The van der Waals surface area contributed by atoms with E-state index in [0.29, 0.717) is 0 Å². The van der Waals surface area contributed by atoms with Crippen molar-refractivity contribution in [2.75, 3.05) is 6.61 Å². The quantitative estimate of drug-likeness (QED) is 0.132. The van der Waals surface area contributed by atoms with Gasteiger partial charge >= 0.3 is 33.9 Å². The van der Waals surface area contributed by atoms with Crippen molar-refractivity contribution in [3.8, 4) is 0 Å². The van der Waals surface area contributed by atoms with Crippen LogP contribution in [0.5, 0.6) is 0 Å². The van der Waals surface area contributed by atoms with Gasteiger partial charge in [0.2, 0.25) is 0 Å². The topological polar surface area (TPSA) is 130 Å². The molecule has 0 radical (unpaired) electrons. The van der Waals surface area contributed by atoms with E-state index in [9.17, 15) is 10.2 Å². The van der Waals surface area contributed by atoms with Crippen molar-refractivity contribution >= 4 is 8.32 Å². The fraction of sp³-hybridized carbons (Fsp3) is 0.682. The van der Waals surface area contributed by atoms with Crippen LogP contribution in [0, 0.1) is 20.0 Å². The molecule has 0 amide bonds. The Morgan fingerprint density at radius 1 is 0.935 bits per heavy atom. The van der Waals surface area contributed by atoms with Crippen LogP contribution in [0.4, 0.5) is 0 Å². The van der Waals surface area contributed by atoms with Gasteiger partial charge < -0.3 is 19.7 Å². The Balaban J connectivity index is -0.000000294. The third kappa shape index (κ3) is 22.3.